The van der Waals surface area contributed by atoms with Crippen molar-refractivity contribution < 1.29 is 20.1 Å². The van der Waals surface area contributed by atoms with E-state index in [2.05, 4.69) is 13.0 Å². The van der Waals surface area contributed by atoms with Crippen molar-refractivity contribution in [1.82, 2.24) is 0 Å². The van der Waals surface area contributed by atoms with Gasteiger partial charge in [-0.05, 0) is 68.6 Å². The molecule has 140 valence electrons. The molecule has 3 fully saturated rings. The van der Waals surface area contributed by atoms with Gasteiger partial charge in [-0.1, -0.05) is 25.5 Å². The summed E-state index contributed by atoms with van der Waals surface area (Å²) in [5.74, 6) is 0.559. The first kappa shape index (κ1) is 17.7. The SMILES string of the molecule is CC(=O)[C@@]1(O)C[C@@H](O)[C@H]2[C@@H]3CC=C4C[C@@H](O)CC[C@]4(C)[C@@H]3CC[C@@]21C. The van der Waals surface area contributed by atoms with Gasteiger partial charge in [-0.2, -0.15) is 0 Å². The predicted molar refractivity (Wildman–Crippen MR) is 94.7 cm³/mol. The van der Waals surface area contributed by atoms with Gasteiger partial charge in [0.25, 0.3) is 0 Å². The van der Waals surface area contributed by atoms with Crippen molar-refractivity contribution in [3.63, 3.8) is 0 Å². The molecule has 4 aliphatic rings. The van der Waals surface area contributed by atoms with E-state index < -0.39 is 17.1 Å². The molecule has 0 spiro atoms. The zero-order valence-corrected chi connectivity index (χ0v) is 15.7. The van der Waals surface area contributed by atoms with Crippen molar-refractivity contribution >= 4 is 5.78 Å². The first-order valence-corrected chi connectivity index (χ1v) is 9.92. The van der Waals surface area contributed by atoms with E-state index >= 15 is 0 Å². The third-order valence-corrected chi connectivity index (χ3v) is 8.78. The van der Waals surface area contributed by atoms with Gasteiger partial charge >= 0.3 is 0 Å². The fraction of sp³-hybridized carbons (Fsp3) is 0.857. The Morgan fingerprint density at radius 3 is 2.60 bits per heavy atom. The summed E-state index contributed by atoms with van der Waals surface area (Å²) in [5, 5.41) is 32.1. The highest BCUT2D eigenvalue weighted by Gasteiger charge is 2.68. The monoisotopic (exact) mass is 348 g/mol. The Morgan fingerprint density at radius 1 is 1.20 bits per heavy atom. The molecule has 0 aromatic rings. The van der Waals surface area contributed by atoms with Crippen molar-refractivity contribution in [2.75, 3.05) is 0 Å². The number of carbonyl (C=O) groups excluding carboxylic acids is 1. The smallest absolute Gasteiger partial charge is 0.161 e. The van der Waals surface area contributed by atoms with E-state index in [0.717, 1.165) is 38.5 Å². The van der Waals surface area contributed by atoms with Gasteiger partial charge in [-0.15, -0.1) is 0 Å². The van der Waals surface area contributed by atoms with E-state index in [0.29, 0.717) is 11.8 Å². The molecular weight excluding hydrogens is 316 g/mol. The van der Waals surface area contributed by atoms with Gasteiger partial charge < -0.3 is 15.3 Å². The number of Topliss-reactive ketones (excluding diaryl/α,β-unsaturated/α-hetero) is 1. The lowest BCUT2D eigenvalue weighted by molar-refractivity contribution is -0.160. The van der Waals surface area contributed by atoms with E-state index in [1.54, 1.807) is 0 Å². The minimum atomic E-state index is -1.39. The Balaban J connectivity index is 1.73. The fourth-order valence-corrected chi connectivity index (χ4v) is 7.30. The molecule has 3 saturated carbocycles. The van der Waals surface area contributed by atoms with E-state index in [1.807, 2.05) is 6.92 Å². The first-order chi connectivity index (χ1) is 11.6. The van der Waals surface area contributed by atoms with Crippen molar-refractivity contribution in [3.8, 4) is 0 Å². The van der Waals surface area contributed by atoms with Crippen molar-refractivity contribution in [2.24, 2.45) is 28.6 Å². The van der Waals surface area contributed by atoms with Crippen molar-refractivity contribution in [2.45, 2.75) is 83.5 Å². The van der Waals surface area contributed by atoms with E-state index in [1.165, 1.54) is 12.5 Å². The van der Waals surface area contributed by atoms with Gasteiger partial charge in [0.1, 0.15) is 5.60 Å². The Hall–Kier alpha value is -0.710. The number of ketones is 1. The molecule has 0 aromatic carbocycles. The molecule has 0 bridgehead atoms. The zero-order valence-electron chi connectivity index (χ0n) is 15.7. The second-order valence-electron chi connectivity index (χ2n) is 9.72. The molecular formula is C21H32O4. The third-order valence-electron chi connectivity index (χ3n) is 8.78. The van der Waals surface area contributed by atoms with Crippen LogP contribution in [0, 0.1) is 28.6 Å². The number of allylic oxidation sites excluding steroid dienone is 1. The summed E-state index contributed by atoms with van der Waals surface area (Å²) in [6, 6.07) is 0. The highest BCUT2D eigenvalue weighted by molar-refractivity contribution is 5.86. The van der Waals surface area contributed by atoms with Gasteiger partial charge in [0.2, 0.25) is 0 Å². The lowest BCUT2D eigenvalue weighted by Crippen LogP contribution is -2.57. The number of aliphatic hydroxyl groups excluding tert-OH is 2. The molecule has 0 saturated heterocycles. The maximum absolute atomic E-state index is 12.3. The predicted octanol–water partition coefficient (Wildman–Crippen LogP) is 2.60. The van der Waals surface area contributed by atoms with Crippen LogP contribution in [0.1, 0.15) is 65.7 Å². The van der Waals surface area contributed by atoms with Crippen LogP contribution < -0.4 is 0 Å². The molecule has 0 aliphatic heterocycles. The normalized spacial score (nSPS) is 55.0. The Morgan fingerprint density at radius 2 is 1.92 bits per heavy atom. The highest BCUT2D eigenvalue weighted by atomic mass is 16.3. The largest absolute Gasteiger partial charge is 0.393 e. The number of carbonyl (C=O) groups is 1. The minimum absolute atomic E-state index is 0.0263. The van der Waals surface area contributed by atoms with Crippen LogP contribution in [0.5, 0.6) is 0 Å². The molecule has 4 aliphatic carbocycles. The average Bonchev–Trinajstić information content (AvgIpc) is 2.75. The lowest BCUT2D eigenvalue weighted by Gasteiger charge is -2.58. The maximum Gasteiger partial charge on any atom is 0.161 e. The molecule has 0 heterocycles. The van der Waals surface area contributed by atoms with Crippen LogP contribution in [0.25, 0.3) is 0 Å². The quantitative estimate of drug-likeness (QED) is 0.637. The molecule has 25 heavy (non-hydrogen) atoms. The Bertz CT molecular complexity index is 627. The zero-order chi connectivity index (χ0) is 18.2. The molecule has 8 atom stereocenters. The summed E-state index contributed by atoms with van der Waals surface area (Å²) in [7, 11) is 0. The molecule has 0 radical (unpaired) electrons. The molecule has 0 unspecified atom stereocenters. The summed E-state index contributed by atoms with van der Waals surface area (Å²) < 4.78 is 0. The minimum Gasteiger partial charge on any atom is -0.393 e. The van der Waals surface area contributed by atoms with Crippen LogP contribution in [-0.2, 0) is 4.79 Å². The molecule has 4 rings (SSSR count). The maximum atomic E-state index is 12.3. The molecule has 0 aromatic heterocycles. The Kier molecular flexibility index (Phi) is 3.82. The van der Waals surface area contributed by atoms with Crippen LogP contribution in [0.15, 0.2) is 11.6 Å². The van der Waals surface area contributed by atoms with Crippen LogP contribution in [-0.4, -0.2) is 38.9 Å². The highest BCUT2D eigenvalue weighted by Crippen LogP contribution is 2.67. The fourth-order valence-electron chi connectivity index (χ4n) is 7.30. The lowest BCUT2D eigenvalue weighted by atomic mass is 9.46. The second kappa shape index (κ2) is 5.40. The standard InChI is InChI=1S/C21H32O4/c1-12(22)21(25)11-17(24)18-15-5-4-13-10-14(23)6-8-19(13,2)16(15)7-9-20(18,21)3/h4,14-18,23-25H,5-11H2,1-3H3/t14-,15+,16+,17+,18+,19-,20-,21-/m0/s1. The number of aliphatic hydroxyl groups is 3. The van der Waals surface area contributed by atoms with Crippen LogP contribution in [0.2, 0.25) is 0 Å². The summed E-state index contributed by atoms with van der Waals surface area (Å²) in [4.78, 5) is 12.3. The van der Waals surface area contributed by atoms with Crippen LogP contribution >= 0.6 is 0 Å². The Labute approximate surface area is 150 Å². The third kappa shape index (κ3) is 2.14. The number of hydrogen-bond donors (Lipinski definition) is 3. The molecule has 4 heteroatoms. The van der Waals surface area contributed by atoms with E-state index in [4.69, 9.17) is 0 Å². The van der Waals surface area contributed by atoms with Gasteiger partial charge in [-0.3, -0.25) is 4.79 Å². The van der Waals surface area contributed by atoms with E-state index in [-0.39, 0.29) is 29.6 Å². The van der Waals surface area contributed by atoms with Gasteiger partial charge in [0.15, 0.2) is 5.78 Å². The van der Waals surface area contributed by atoms with Gasteiger partial charge in [0, 0.05) is 11.8 Å². The van der Waals surface area contributed by atoms with Crippen molar-refractivity contribution in [3.05, 3.63) is 11.6 Å². The first-order valence-electron chi connectivity index (χ1n) is 9.92. The number of hydrogen-bond acceptors (Lipinski definition) is 4. The van der Waals surface area contributed by atoms with Crippen molar-refractivity contribution in [1.29, 1.82) is 0 Å². The molecule has 3 N–H and O–H groups in total. The molecule has 0 amide bonds. The molecule has 4 nitrogen and oxygen atoms in total. The summed E-state index contributed by atoms with van der Waals surface area (Å²) in [6.45, 7) is 5.83. The summed E-state index contributed by atoms with van der Waals surface area (Å²) >= 11 is 0. The van der Waals surface area contributed by atoms with Crippen LogP contribution in [0.3, 0.4) is 0 Å². The second-order valence-corrected chi connectivity index (χ2v) is 9.72. The average molecular weight is 348 g/mol. The summed E-state index contributed by atoms with van der Waals surface area (Å²) in [5.41, 5.74) is -0.434. The van der Waals surface area contributed by atoms with Gasteiger partial charge in [0.05, 0.1) is 12.2 Å². The van der Waals surface area contributed by atoms with E-state index in [9.17, 15) is 20.1 Å². The number of rotatable bonds is 1. The topological polar surface area (TPSA) is 77.8 Å². The van der Waals surface area contributed by atoms with Gasteiger partial charge in [-0.25, -0.2) is 0 Å². The number of fused-ring (bicyclic) bond motifs is 5. The van der Waals surface area contributed by atoms with Crippen LogP contribution in [0.4, 0.5) is 0 Å². The summed E-state index contributed by atoms with van der Waals surface area (Å²) in [6.07, 6.45) is 6.95.